The van der Waals surface area contributed by atoms with Crippen LogP contribution in [-0.2, 0) is 16.1 Å². The van der Waals surface area contributed by atoms with Crippen molar-refractivity contribution < 1.29 is 14.7 Å². The van der Waals surface area contributed by atoms with Gasteiger partial charge in [0.15, 0.2) is 0 Å². The Morgan fingerprint density at radius 2 is 2.29 bits per heavy atom. The average Bonchev–Trinajstić information content (AvgIpc) is 2.61. The first-order valence-electron chi connectivity index (χ1n) is 5.31. The van der Waals surface area contributed by atoms with Gasteiger partial charge in [-0.15, -0.1) is 0 Å². The van der Waals surface area contributed by atoms with E-state index in [1.165, 1.54) is 0 Å². The Balaban J connectivity index is 2.05. The Labute approximate surface area is 104 Å². The third kappa shape index (κ3) is 2.77. The molecule has 1 aromatic rings. The summed E-state index contributed by atoms with van der Waals surface area (Å²) in [4.78, 5) is 24.0. The minimum Gasteiger partial charge on any atom is -0.481 e. The smallest absolute Gasteiger partial charge is 0.308 e. The van der Waals surface area contributed by atoms with Crippen LogP contribution in [0.25, 0.3) is 0 Å². The zero-order valence-corrected chi connectivity index (χ0v) is 9.85. The van der Waals surface area contributed by atoms with Crippen LogP contribution in [0.2, 0.25) is 5.02 Å². The highest BCUT2D eigenvalue weighted by molar-refractivity contribution is 6.30. The summed E-state index contributed by atoms with van der Waals surface area (Å²) in [6, 6.07) is 7.22. The third-order valence-electron chi connectivity index (χ3n) is 2.83. The summed E-state index contributed by atoms with van der Waals surface area (Å²) in [7, 11) is 0. The van der Waals surface area contributed by atoms with Gasteiger partial charge in [0, 0.05) is 24.5 Å². The van der Waals surface area contributed by atoms with E-state index >= 15 is 0 Å². The lowest BCUT2D eigenvalue weighted by Gasteiger charge is -2.16. The highest BCUT2D eigenvalue weighted by atomic mass is 35.5. The molecule has 90 valence electrons. The summed E-state index contributed by atoms with van der Waals surface area (Å²) in [6.07, 6.45) is 0.0932. The predicted octanol–water partition coefficient (Wildman–Crippen LogP) is 1.77. The van der Waals surface area contributed by atoms with Crippen molar-refractivity contribution in [1.82, 2.24) is 4.90 Å². The van der Waals surface area contributed by atoms with Gasteiger partial charge in [0.25, 0.3) is 0 Å². The second kappa shape index (κ2) is 4.75. The minimum absolute atomic E-state index is 0.0932. The molecule has 0 saturated carbocycles. The number of carboxylic acids is 1. The van der Waals surface area contributed by atoms with E-state index in [2.05, 4.69) is 0 Å². The van der Waals surface area contributed by atoms with Crippen LogP contribution in [0.1, 0.15) is 12.0 Å². The molecule has 2 rings (SSSR count). The average molecular weight is 254 g/mol. The number of hydrogen-bond donors (Lipinski definition) is 1. The molecule has 1 N–H and O–H groups in total. The van der Waals surface area contributed by atoms with Crippen molar-refractivity contribution in [3.8, 4) is 0 Å². The van der Waals surface area contributed by atoms with E-state index < -0.39 is 11.9 Å². The summed E-state index contributed by atoms with van der Waals surface area (Å²) >= 11 is 5.85. The molecule has 4 nitrogen and oxygen atoms in total. The van der Waals surface area contributed by atoms with Crippen LogP contribution in [0.3, 0.4) is 0 Å². The van der Waals surface area contributed by atoms with Crippen LogP contribution in [0.5, 0.6) is 0 Å². The largest absolute Gasteiger partial charge is 0.481 e. The number of halogens is 1. The lowest BCUT2D eigenvalue weighted by Crippen LogP contribution is -2.25. The molecule has 0 unspecified atom stereocenters. The maximum absolute atomic E-state index is 11.6. The fourth-order valence-corrected chi connectivity index (χ4v) is 2.16. The van der Waals surface area contributed by atoms with Crippen molar-refractivity contribution in [3.05, 3.63) is 34.9 Å². The molecule has 0 radical (unpaired) electrons. The molecular weight excluding hydrogens is 242 g/mol. The zero-order valence-electron chi connectivity index (χ0n) is 9.10. The van der Waals surface area contributed by atoms with Crippen LogP contribution < -0.4 is 0 Å². The molecule has 1 atom stereocenters. The van der Waals surface area contributed by atoms with Gasteiger partial charge in [-0.05, 0) is 17.7 Å². The van der Waals surface area contributed by atoms with E-state index in [9.17, 15) is 9.59 Å². The van der Waals surface area contributed by atoms with Gasteiger partial charge in [-0.3, -0.25) is 9.59 Å². The standard InChI is InChI=1S/C12H12ClNO3/c13-10-3-1-2-8(4-10)6-14-7-9(12(16)17)5-11(14)15/h1-4,9H,5-7H2,(H,16,17)/t9-/m0/s1. The number of carboxylic acid groups (broad SMARTS) is 1. The molecule has 5 heteroatoms. The van der Waals surface area contributed by atoms with E-state index in [1.54, 1.807) is 17.0 Å². The number of aliphatic carboxylic acids is 1. The lowest BCUT2D eigenvalue weighted by atomic mass is 10.1. The number of rotatable bonds is 3. The van der Waals surface area contributed by atoms with Crippen molar-refractivity contribution in [1.29, 1.82) is 0 Å². The van der Waals surface area contributed by atoms with Gasteiger partial charge in [-0.1, -0.05) is 23.7 Å². The Morgan fingerprint density at radius 1 is 1.53 bits per heavy atom. The Morgan fingerprint density at radius 3 is 2.88 bits per heavy atom. The third-order valence-corrected chi connectivity index (χ3v) is 3.06. The molecule has 1 aliphatic rings. The van der Waals surface area contributed by atoms with Crippen molar-refractivity contribution in [3.63, 3.8) is 0 Å². The molecule has 1 amide bonds. The summed E-state index contributed by atoms with van der Waals surface area (Å²) < 4.78 is 0. The summed E-state index contributed by atoms with van der Waals surface area (Å²) in [5.41, 5.74) is 0.914. The predicted molar refractivity (Wildman–Crippen MR) is 62.6 cm³/mol. The van der Waals surface area contributed by atoms with Gasteiger partial charge in [-0.2, -0.15) is 0 Å². The molecule has 1 heterocycles. The van der Waals surface area contributed by atoms with Gasteiger partial charge in [0.05, 0.1) is 5.92 Å². The Hall–Kier alpha value is -1.55. The second-order valence-electron chi connectivity index (χ2n) is 4.14. The van der Waals surface area contributed by atoms with E-state index in [4.69, 9.17) is 16.7 Å². The minimum atomic E-state index is -0.910. The number of hydrogen-bond acceptors (Lipinski definition) is 2. The van der Waals surface area contributed by atoms with Crippen LogP contribution in [-0.4, -0.2) is 28.4 Å². The van der Waals surface area contributed by atoms with Gasteiger partial charge in [0.2, 0.25) is 5.91 Å². The van der Waals surface area contributed by atoms with Crippen molar-refractivity contribution >= 4 is 23.5 Å². The first-order valence-corrected chi connectivity index (χ1v) is 5.69. The fourth-order valence-electron chi connectivity index (χ4n) is 1.95. The Kier molecular flexibility index (Phi) is 3.33. The zero-order chi connectivity index (χ0) is 12.4. The first-order chi connectivity index (χ1) is 8.06. The number of carbonyl (C=O) groups is 2. The van der Waals surface area contributed by atoms with Gasteiger partial charge in [-0.25, -0.2) is 0 Å². The van der Waals surface area contributed by atoms with Crippen LogP contribution >= 0.6 is 11.6 Å². The van der Waals surface area contributed by atoms with Crippen molar-refractivity contribution in [2.75, 3.05) is 6.54 Å². The quantitative estimate of drug-likeness (QED) is 0.893. The topological polar surface area (TPSA) is 57.6 Å². The molecular formula is C12H12ClNO3. The fraction of sp³-hybridized carbons (Fsp3) is 0.333. The molecule has 1 saturated heterocycles. The number of carbonyl (C=O) groups excluding carboxylic acids is 1. The molecule has 0 bridgehead atoms. The first kappa shape index (κ1) is 11.9. The summed E-state index contributed by atoms with van der Waals surface area (Å²) in [5, 5.41) is 9.47. The van der Waals surface area contributed by atoms with Crippen LogP contribution in [0.4, 0.5) is 0 Å². The molecule has 0 aromatic heterocycles. The van der Waals surface area contributed by atoms with Gasteiger partial charge < -0.3 is 10.0 Å². The van der Waals surface area contributed by atoms with E-state index in [1.807, 2.05) is 12.1 Å². The van der Waals surface area contributed by atoms with E-state index in [-0.39, 0.29) is 18.9 Å². The molecule has 0 spiro atoms. The highest BCUT2D eigenvalue weighted by Gasteiger charge is 2.33. The normalized spacial score (nSPS) is 19.7. The molecule has 0 aliphatic carbocycles. The maximum Gasteiger partial charge on any atom is 0.308 e. The highest BCUT2D eigenvalue weighted by Crippen LogP contribution is 2.21. The summed E-state index contributed by atoms with van der Waals surface area (Å²) in [5.74, 6) is -1.61. The maximum atomic E-state index is 11.6. The van der Waals surface area contributed by atoms with Crippen molar-refractivity contribution in [2.24, 2.45) is 5.92 Å². The second-order valence-corrected chi connectivity index (χ2v) is 4.58. The van der Waals surface area contributed by atoms with Crippen LogP contribution in [0.15, 0.2) is 24.3 Å². The number of benzene rings is 1. The number of amides is 1. The van der Waals surface area contributed by atoms with E-state index in [0.29, 0.717) is 11.6 Å². The van der Waals surface area contributed by atoms with Crippen LogP contribution in [0, 0.1) is 5.92 Å². The SMILES string of the molecule is O=C(O)[C@H]1CC(=O)N(Cc2cccc(Cl)c2)C1. The van der Waals surface area contributed by atoms with E-state index in [0.717, 1.165) is 5.56 Å². The molecule has 1 fully saturated rings. The number of likely N-dealkylation sites (tertiary alicyclic amines) is 1. The molecule has 1 aliphatic heterocycles. The molecule has 17 heavy (non-hydrogen) atoms. The lowest BCUT2D eigenvalue weighted by molar-refractivity contribution is -0.141. The van der Waals surface area contributed by atoms with Crippen molar-refractivity contribution in [2.45, 2.75) is 13.0 Å². The number of nitrogens with zero attached hydrogens (tertiary/aromatic N) is 1. The van der Waals surface area contributed by atoms with Gasteiger partial charge in [0.1, 0.15) is 0 Å². The monoisotopic (exact) mass is 253 g/mol. The van der Waals surface area contributed by atoms with Gasteiger partial charge >= 0.3 is 5.97 Å². The Bertz CT molecular complexity index is 461. The molecule has 1 aromatic carbocycles. The summed E-state index contributed by atoms with van der Waals surface area (Å²) in [6.45, 7) is 0.698.